The van der Waals surface area contributed by atoms with Crippen LogP contribution in [0.25, 0.3) is 5.57 Å². The number of esters is 1. The third-order valence-corrected chi connectivity index (χ3v) is 15.0. The van der Waals surface area contributed by atoms with Gasteiger partial charge in [-0.25, -0.2) is 0 Å². The summed E-state index contributed by atoms with van der Waals surface area (Å²) in [5.74, 6) is 1.44. The molecule has 4 heteroatoms. The van der Waals surface area contributed by atoms with E-state index < -0.39 is 5.41 Å². The number of hydrogen-bond donors (Lipinski definition) is 0. The van der Waals surface area contributed by atoms with E-state index in [0.29, 0.717) is 30.6 Å². The lowest BCUT2D eigenvalue weighted by Gasteiger charge is -2.71. The Morgan fingerprint density at radius 2 is 1.62 bits per heavy atom. The van der Waals surface area contributed by atoms with Crippen LogP contribution in [0.5, 0.6) is 0 Å². The highest BCUT2D eigenvalue weighted by molar-refractivity contribution is 5.86. The zero-order valence-electron chi connectivity index (χ0n) is 28.8. The van der Waals surface area contributed by atoms with Gasteiger partial charge in [0.05, 0.1) is 17.9 Å². The number of furan rings is 1. The largest absolute Gasteiger partial charge is 0.472 e. The van der Waals surface area contributed by atoms with Gasteiger partial charge in [-0.1, -0.05) is 84.4 Å². The summed E-state index contributed by atoms with van der Waals surface area (Å²) in [6.07, 6.45) is 13.5. The van der Waals surface area contributed by atoms with Crippen molar-refractivity contribution < 1.29 is 18.7 Å². The number of ketones is 1. The van der Waals surface area contributed by atoms with Crippen LogP contribution < -0.4 is 0 Å². The first-order valence-corrected chi connectivity index (χ1v) is 17.7. The van der Waals surface area contributed by atoms with Crippen LogP contribution in [0.2, 0.25) is 0 Å². The lowest BCUT2D eigenvalue weighted by molar-refractivity contribution is -0.190. The Morgan fingerprint density at radius 1 is 0.889 bits per heavy atom. The number of carbonyl (C=O) groups is 2. The quantitative estimate of drug-likeness (QED) is 0.323. The van der Waals surface area contributed by atoms with Gasteiger partial charge in [0.15, 0.2) is 0 Å². The third-order valence-electron chi connectivity index (χ3n) is 15.0. The first kappa shape index (κ1) is 31.0. The molecule has 1 aromatic carbocycles. The molecule has 242 valence electrons. The van der Waals surface area contributed by atoms with Gasteiger partial charge >= 0.3 is 5.97 Å². The second-order valence-corrected chi connectivity index (χ2v) is 17.8. The zero-order chi connectivity index (χ0) is 32.0. The molecule has 0 radical (unpaired) electrons. The topological polar surface area (TPSA) is 56.5 Å². The number of hydrogen-bond acceptors (Lipinski definition) is 4. The summed E-state index contributed by atoms with van der Waals surface area (Å²) in [6.45, 7) is 17.3. The Balaban J connectivity index is 1.37. The second kappa shape index (κ2) is 10.2. The summed E-state index contributed by atoms with van der Waals surface area (Å²) in [5.41, 5.74) is 4.66. The van der Waals surface area contributed by atoms with Gasteiger partial charge in [-0.15, -0.1) is 0 Å². The Morgan fingerprint density at radius 3 is 2.33 bits per heavy atom. The molecule has 0 amide bonds. The molecule has 1 unspecified atom stereocenters. The summed E-state index contributed by atoms with van der Waals surface area (Å²) >= 11 is 0. The number of fused-ring (bicyclic) bond motifs is 7. The molecule has 5 aliphatic carbocycles. The van der Waals surface area contributed by atoms with Crippen LogP contribution in [-0.4, -0.2) is 11.8 Å². The number of allylic oxidation sites excluding steroid dienone is 2. The fourth-order valence-electron chi connectivity index (χ4n) is 12.1. The minimum absolute atomic E-state index is 0.00318. The van der Waals surface area contributed by atoms with Gasteiger partial charge in [-0.2, -0.15) is 0 Å². The standard InChI is InChI=1S/C41H54O4/c1-36(2)18-20-41(35(43)45-25-27-11-9-8-10-12-27)21-19-40(7)34(30(41)24-36)29(28-15-22-44-26-28)23-32-38(5)16-14-33(42)37(3,4)31(38)13-17-39(32,40)6/h8-12,15,22,26,30-32H,13-14,16-21,23-25H2,1-7H3/t30-,31-,32?,38-,39+,40+,41-/m0/s1. The van der Waals surface area contributed by atoms with Crippen LogP contribution in [0.15, 0.2) is 58.9 Å². The normalized spacial score (nSPS) is 40.1. The van der Waals surface area contributed by atoms with Gasteiger partial charge in [0.25, 0.3) is 0 Å². The SMILES string of the molecule is CC1(C)CC[C@]2(C(=O)OCc3ccccc3)CC[C@]3(C)C(=C(c4ccoc4)CC4[C@@]5(C)CCC(=O)C(C)(C)[C@@H]5CC[C@]43C)[C@@H]2C1. The molecule has 2 aromatic rings. The minimum Gasteiger partial charge on any atom is -0.472 e. The van der Waals surface area contributed by atoms with E-state index in [-0.39, 0.29) is 39.0 Å². The van der Waals surface area contributed by atoms with E-state index in [1.807, 2.05) is 42.9 Å². The summed E-state index contributed by atoms with van der Waals surface area (Å²) in [5, 5.41) is 0. The van der Waals surface area contributed by atoms with E-state index in [2.05, 4.69) is 54.5 Å². The fourth-order valence-corrected chi connectivity index (χ4v) is 12.1. The highest BCUT2D eigenvalue weighted by Gasteiger charge is 2.70. The van der Waals surface area contributed by atoms with Gasteiger partial charge in [-0.3, -0.25) is 9.59 Å². The molecule has 4 nitrogen and oxygen atoms in total. The zero-order valence-corrected chi connectivity index (χ0v) is 28.8. The van der Waals surface area contributed by atoms with E-state index in [9.17, 15) is 9.59 Å². The molecule has 0 bridgehead atoms. The predicted octanol–water partition coefficient (Wildman–Crippen LogP) is 10.2. The highest BCUT2D eigenvalue weighted by atomic mass is 16.5. The van der Waals surface area contributed by atoms with Crippen molar-refractivity contribution in [3.63, 3.8) is 0 Å². The van der Waals surface area contributed by atoms with E-state index in [4.69, 9.17) is 9.15 Å². The van der Waals surface area contributed by atoms with Crippen LogP contribution in [0.3, 0.4) is 0 Å². The Bertz CT molecular complexity index is 1510. The number of Topliss-reactive ketones (excluding diaryl/α,β-unsaturated/α-hetero) is 1. The average Bonchev–Trinajstić information content (AvgIpc) is 3.53. The number of benzene rings is 1. The summed E-state index contributed by atoms with van der Waals surface area (Å²) in [4.78, 5) is 27.8. The average molecular weight is 611 g/mol. The first-order chi connectivity index (χ1) is 21.2. The van der Waals surface area contributed by atoms with Gasteiger partial charge in [0.2, 0.25) is 0 Å². The fraction of sp³-hybridized carbons (Fsp3) is 0.659. The van der Waals surface area contributed by atoms with Crippen molar-refractivity contribution in [2.75, 3.05) is 0 Å². The van der Waals surface area contributed by atoms with Crippen molar-refractivity contribution in [3.8, 4) is 0 Å². The van der Waals surface area contributed by atoms with E-state index in [1.165, 1.54) is 16.7 Å². The van der Waals surface area contributed by atoms with Crippen molar-refractivity contribution in [2.45, 2.75) is 119 Å². The maximum absolute atomic E-state index is 14.5. The molecule has 0 N–H and O–H groups in total. The maximum atomic E-state index is 14.5. The molecular formula is C41H54O4. The highest BCUT2D eigenvalue weighted by Crippen LogP contribution is 2.77. The lowest BCUT2D eigenvalue weighted by Crippen LogP contribution is -2.65. The van der Waals surface area contributed by atoms with E-state index >= 15 is 0 Å². The van der Waals surface area contributed by atoms with Crippen molar-refractivity contribution in [3.05, 3.63) is 65.6 Å². The Hall–Kier alpha value is -2.62. The van der Waals surface area contributed by atoms with Crippen molar-refractivity contribution >= 4 is 17.3 Å². The lowest BCUT2D eigenvalue weighted by atomic mass is 9.32. The molecule has 4 fully saturated rings. The first-order valence-electron chi connectivity index (χ1n) is 17.7. The van der Waals surface area contributed by atoms with Gasteiger partial charge in [0.1, 0.15) is 12.4 Å². The molecule has 1 heterocycles. The van der Waals surface area contributed by atoms with Crippen LogP contribution in [0.4, 0.5) is 0 Å². The molecule has 1 aromatic heterocycles. The van der Waals surface area contributed by atoms with E-state index in [0.717, 1.165) is 63.4 Å². The molecule has 45 heavy (non-hydrogen) atoms. The molecule has 7 rings (SSSR count). The molecule has 5 aliphatic rings. The summed E-state index contributed by atoms with van der Waals surface area (Å²) in [6, 6.07) is 12.3. The molecular weight excluding hydrogens is 556 g/mol. The number of rotatable bonds is 4. The molecule has 0 spiro atoms. The van der Waals surface area contributed by atoms with E-state index in [1.54, 1.807) is 0 Å². The molecule has 4 saturated carbocycles. The van der Waals surface area contributed by atoms with Gasteiger partial charge < -0.3 is 9.15 Å². The van der Waals surface area contributed by atoms with Crippen molar-refractivity contribution in [2.24, 2.45) is 50.2 Å². The summed E-state index contributed by atoms with van der Waals surface area (Å²) in [7, 11) is 0. The molecule has 0 aliphatic heterocycles. The molecule has 0 saturated heterocycles. The third kappa shape index (κ3) is 4.36. The van der Waals surface area contributed by atoms with Gasteiger partial charge in [0, 0.05) is 17.4 Å². The van der Waals surface area contributed by atoms with Crippen LogP contribution in [0.1, 0.15) is 124 Å². The van der Waals surface area contributed by atoms with Crippen LogP contribution in [0, 0.1) is 50.2 Å². The Kier molecular flexibility index (Phi) is 7.02. The van der Waals surface area contributed by atoms with Crippen LogP contribution in [-0.2, 0) is 20.9 Å². The van der Waals surface area contributed by atoms with Gasteiger partial charge in [-0.05, 0) is 114 Å². The number of carbonyl (C=O) groups excluding carboxylic acids is 2. The molecule has 7 atom stereocenters. The van der Waals surface area contributed by atoms with Crippen molar-refractivity contribution in [1.29, 1.82) is 0 Å². The predicted molar refractivity (Wildman–Crippen MR) is 178 cm³/mol. The maximum Gasteiger partial charge on any atom is 0.313 e. The van der Waals surface area contributed by atoms with Crippen molar-refractivity contribution in [1.82, 2.24) is 0 Å². The van der Waals surface area contributed by atoms with Crippen LogP contribution >= 0.6 is 0 Å². The summed E-state index contributed by atoms with van der Waals surface area (Å²) < 4.78 is 12.1. The monoisotopic (exact) mass is 610 g/mol. The second-order valence-electron chi connectivity index (χ2n) is 17.8. The Labute approximate surface area is 270 Å². The minimum atomic E-state index is -0.502. The smallest absolute Gasteiger partial charge is 0.313 e. The number of ether oxygens (including phenoxy) is 1.